The molecule has 0 bridgehead atoms. The zero-order valence-corrected chi connectivity index (χ0v) is 17.5. The molecule has 4 rings (SSSR count). The largest absolute Gasteiger partial charge is 0.486 e. The molecule has 1 N–H and O–H groups in total. The Balaban J connectivity index is 1.48. The molecule has 3 aromatic rings. The van der Waals surface area contributed by atoms with Crippen molar-refractivity contribution in [3.05, 3.63) is 74.5 Å². The van der Waals surface area contributed by atoms with Crippen molar-refractivity contribution in [2.75, 3.05) is 13.2 Å². The lowest BCUT2D eigenvalue weighted by Gasteiger charge is -2.22. The van der Waals surface area contributed by atoms with E-state index >= 15 is 0 Å². The van der Waals surface area contributed by atoms with Crippen LogP contribution < -0.4 is 14.8 Å². The van der Waals surface area contributed by atoms with Gasteiger partial charge < -0.3 is 14.8 Å². The number of halogens is 1. The number of fused-ring (bicyclic) bond motifs is 1. The zero-order valence-electron chi connectivity index (χ0n) is 15.9. The average Bonchev–Trinajstić information content (AvgIpc) is 3.23. The third kappa shape index (κ3) is 3.99. The normalized spacial score (nSPS) is 13.5. The fourth-order valence-corrected chi connectivity index (χ4v) is 3.74. The standard InChI is InChI=1S/C20H17BrN4O5/c1-12(15-10-18-19(11-16(15)21)30-9-8-29-18)22-20(26)17-6-7-24(23-17)13-2-4-14(5-3-13)25(27)28/h2-7,10-12H,8-9H2,1H3,(H,22,26). The number of non-ortho nitro benzene ring substituents is 1. The highest BCUT2D eigenvalue weighted by Crippen LogP contribution is 2.37. The minimum atomic E-state index is -0.469. The summed E-state index contributed by atoms with van der Waals surface area (Å²) in [6, 6.07) is 10.9. The number of hydrogen-bond donors (Lipinski definition) is 1. The van der Waals surface area contributed by atoms with Gasteiger partial charge in [0, 0.05) is 22.8 Å². The summed E-state index contributed by atoms with van der Waals surface area (Å²) in [5, 5.41) is 18.0. The van der Waals surface area contributed by atoms with Crippen LogP contribution in [0.5, 0.6) is 11.5 Å². The number of ether oxygens (including phenoxy) is 2. The van der Waals surface area contributed by atoms with Crippen LogP contribution in [0.1, 0.15) is 29.0 Å². The van der Waals surface area contributed by atoms with Crippen LogP contribution in [0.25, 0.3) is 5.69 Å². The minimum absolute atomic E-state index is 0.0114. The first kappa shape index (κ1) is 19.9. The summed E-state index contributed by atoms with van der Waals surface area (Å²) < 4.78 is 13.5. The Morgan fingerprint density at radius 1 is 1.20 bits per heavy atom. The van der Waals surface area contributed by atoms with E-state index in [4.69, 9.17) is 9.47 Å². The molecule has 1 aliphatic rings. The molecule has 1 atom stereocenters. The lowest BCUT2D eigenvalue weighted by Crippen LogP contribution is -2.27. The molecule has 0 spiro atoms. The van der Waals surface area contributed by atoms with Crippen LogP contribution in [0, 0.1) is 10.1 Å². The van der Waals surface area contributed by atoms with E-state index in [-0.39, 0.29) is 23.3 Å². The van der Waals surface area contributed by atoms with E-state index in [1.165, 1.54) is 16.8 Å². The Labute approximate surface area is 179 Å². The van der Waals surface area contributed by atoms with Gasteiger partial charge >= 0.3 is 0 Å². The summed E-state index contributed by atoms with van der Waals surface area (Å²) in [5.74, 6) is 0.963. The van der Waals surface area contributed by atoms with Gasteiger partial charge in [-0.1, -0.05) is 15.9 Å². The molecule has 0 saturated carbocycles. The predicted octanol–water partition coefficient (Wildman–Crippen LogP) is 3.81. The molecule has 1 unspecified atom stereocenters. The summed E-state index contributed by atoms with van der Waals surface area (Å²) >= 11 is 3.52. The van der Waals surface area contributed by atoms with Crippen LogP contribution in [0.3, 0.4) is 0 Å². The van der Waals surface area contributed by atoms with Crippen molar-refractivity contribution in [3.63, 3.8) is 0 Å². The maximum Gasteiger partial charge on any atom is 0.272 e. The van der Waals surface area contributed by atoms with E-state index in [1.807, 2.05) is 19.1 Å². The molecular formula is C20H17BrN4O5. The number of nitro benzene ring substituents is 1. The molecule has 10 heteroatoms. The van der Waals surface area contributed by atoms with Crippen molar-refractivity contribution >= 4 is 27.5 Å². The quantitative estimate of drug-likeness (QED) is 0.446. The molecule has 0 aliphatic carbocycles. The Morgan fingerprint density at radius 2 is 1.87 bits per heavy atom. The van der Waals surface area contributed by atoms with Gasteiger partial charge in [-0.15, -0.1) is 0 Å². The Bertz CT molecular complexity index is 1110. The first-order valence-corrected chi connectivity index (χ1v) is 9.92. The Hall–Kier alpha value is -3.40. The number of benzene rings is 2. The van der Waals surface area contributed by atoms with Crippen LogP contribution in [-0.2, 0) is 0 Å². The van der Waals surface area contributed by atoms with Crippen LogP contribution in [0.2, 0.25) is 0 Å². The van der Waals surface area contributed by atoms with Gasteiger partial charge in [0.05, 0.1) is 16.7 Å². The molecule has 2 heterocycles. The van der Waals surface area contributed by atoms with Crippen molar-refractivity contribution in [3.8, 4) is 17.2 Å². The van der Waals surface area contributed by atoms with Crippen molar-refractivity contribution in [2.45, 2.75) is 13.0 Å². The Kier molecular flexibility index (Phi) is 5.40. The third-order valence-electron chi connectivity index (χ3n) is 4.62. The van der Waals surface area contributed by atoms with E-state index in [0.29, 0.717) is 30.4 Å². The summed E-state index contributed by atoms with van der Waals surface area (Å²) in [6.45, 7) is 2.85. The van der Waals surface area contributed by atoms with Crippen molar-refractivity contribution in [2.24, 2.45) is 0 Å². The minimum Gasteiger partial charge on any atom is -0.486 e. The number of hydrogen-bond acceptors (Lipinski definition) is 6. The van der Waals surface area contributed by atoms with Crippen LogP contribution in [-0.4, -0.2) is 33.8 Å². The molecule has 9 nitrogen and oxygen atoms in total. The van der Waals surface area contributed by atoms with Crippen LogP contribution >= 0.6 is 15.9 Å². The number of carbonyl (C=O) groups excluding carboxylic acids is 1. The SMILES string of the molecule is CC(NC(=O)c1ccn(-c2ccc([N+](=O)[O-])cc2)n1)c1cc2c(cc1Br)OCCO2. The summed E-state index contributed by atoms with van der Waals surface area (Å²) in [6.07, 6.45) is 1.63. The van der Waals surface area contributed by atoms with E-state index in [0.717, 1.165) is 10.0 Å². The van der Waals surface area contributed by atoms with Crippen LogP contribution in [0.4, 0.5) is 5.69 Å². The van der Waals surface area contributed by atoms with E-state index in [2.05, 4.69) is 26.3 Å². The summed E-state index contributed by atoms with van der Waals surface area (Å²) in [4.78, 5) is 23.0. The molecule has 2 aromatic carbocycles. The number of aromatic nitrogens is 2. The molecule has 154 valence electrons. The highest BCUT2D eigenvalue weighted by atomic mass is 79.9. The maximum absolute atomic E-state index is 12.7. The maximum atomic E-state index is 12.7. The van der Waals surface area contributed by atoms with E-state index in [9.17, 15) is 14.9 Å². The summed E-state index contributed by atoms with van der Waals surface area (Å²) in [7, 11) is 0. The third-order valence-corrected chi connectivity index (χ3v) is 5.31. The fraction of sp³-hybridized carbons (Fsp3) is 0.200. The second-order valence-corrected chi connectivity index (χ2v) is 7.49. The van der Waals surface area contributed by atoms with Gasteiger partial charge in [0.2, 0.25) is 0 Å². The number of nitro groups is 1. The molecule has 1 amide bonds. The average molecular weight is 473 g/mol. The predicted molar refractivity (Wildman–Crippen MR) is 111 cm³/mol. The number of rotatable bonds is 5. The molecule has 1 aromatic heterocycles. The molecule has 0 saturated heterocycles. The number of nitrogens with one attached hydrogen (secondary N) is 1. The van der Waals surface area contributed by atoms with Crippen molar-refractivity contribution in [1.82, 2.24) is 15.1 Å². The topological polar surface area (TPSA) is 109 Å². The van der Waals surface area contributed by atoms with Gasteiger partial charge in [-0.2, -0.15) is 5.10 Å². The number of nitrogens with zero attached hydrogens (tertiary/aromatic N) is 3. The van der Waals surface area contributed by atoms with E-state index < -0.39 is 4.92 Å². The van der Waals surface area contributed by atoms with Gasteiger partial charge in [-0.3, -0.25) is 14.9 Å². The van der Waals surface area contributed by atoms with Crippen molar-refractivity contribution < 1.29 is 19.2 Å². The van der Waals surface area contributed by atoms with Gasteiger partial charge in [0.25, 0.3) is 11.6 Å². The molecule has 0 fully saturated rings. The van der Waals surface area contributed by atoms with Gasteiger partial charge in [0.15, 0.2) is 17.2 Å². The number of amides is 1. The lowest BCUT2D eigenvalue weighted by molar-refractivity contribution is -0.384. The van der Waals surface area contributed by atoms with Gasteiger partial charge in [-0.05, 0) is 42.8 Å². The highest BCUT2D eigenvalue weighted by molar-refractivity contribution is 9.10. The lowest BCUT2D eigenvalue weighted by atomic mass is 10.1. The van der Waals surface area contributed by atoms with Gasteiger partial charge in [0.1, 0.15) is 13.2 Å². The smallest absolute Gasteiger partial charge is 0.272 e. The summed E-state index contributed by atoms with van der Waals surface area (Å²) in [5.41, 5.74) is 1.68. The van der Waals surface area contributed by atoms with Gasteiger partial charge in [-0.25, -0.2) is 4.68 Å². The fourth-order valence-electron chi connectivity index (χ4n) is 3.08. The van der Waals surface area contributed by atoms with Crippen molar-refractivity contribution in [1.29, 1.82) is 0 Å². The molecular weight excluding hydrogens is 456 g/mol. The second kappa shape index (κ2) is 8.15. The second-order valence-electron chi connectivity index (χ2n) is 6.63. The zero-order chi connectivity index (χ0) is 21.3. The van der Waals surface area contributed by atoms with Crippen LogP contribution in [0.15, 0.2) is 53.1 Å². The first-order chi connectivity index (χ1) is 14.4. The highest BCUT2D eigenvalue weighted by Gasteiger charge is 2.20. The monoisotopic (exact) mass is 472 g/mol. The molecule has 0 radical (unpaired) electrons. The first-order valence-electron chi connectivity index (χ1n) is 9.13. The number of carbonyl (C=O) groups is 1. The molecule has 30 heavy (non-hydrogen) atoms. The van der Waals surface area contributed by atoms with E-state index in [1.54, 1.807) is 24.4 Å². The Morgan fingerprint density at radius 3 is 2.53 bits per heavy atom. The molecule has 1 aliphatic heterocycles.